The topological polar surface area (TPSA) is 53.6 Å². The van der Waals surface area contributed by atoms with Crippen molar-refractivity contribution in [3.8, 4) is 0 Å². The number of carbonyl (C=O) groups is 1. The number of rotatable bonds is 6. The van der Waals surface area contributed by atoms with Crippen LogP contribution in [0.15, 0.2) is 16.8 Å². The first-order chi connectivity index (χ1) is 9.66. The van der Waals surface area contributed by atoms with Crippen molar-refractivity contribution >= 4 is 17.4 Å². The summed E-state index contributed by atoms with van der Waals surface area (Å²) in [5.41, 5.74) is 1.24. The van der Waals surface area contributed by atoms with Crippen molar-refractivity contribution in [2.24, 2.45) is 0 Å². The molecule has 1 aliphatic heterocycles. The van der Waals surface area contributed by atoms with Crippen molar-refractivity contribution in [1.82, 2.24) is 15.5 Å². The number of nitrogens with one attached hydrogen (secondary N) is 2. The summed E-state index contributed by atoms with van der Waals surface area (Å²) in [5, 5.41) is 9.99. The predicted octanol–water partition coefficient (Wildman–Crippen LogP) is 1.83. The monoisotopic (exact) mass is 297 g/mol. The molecule has 0 radical (unpaired) electrons. The summed E-state index contributed by atoms with van der Waals surface area (Å²) < 4.78 is 5.48. The highest BCUT2D eigenvalue weighted by molar-refractivity contribution is 7.07. The Morgan fingerprint density at radius 2 is 2.40 bits per heavy atom. The predicted molar refractivity (Wildman–Crippen MR) is 81.1 cm³/mol. The summed E-state index contributed by atoms with van der Waals surface area (Å²) in [6, 6.07) is 2.18. The van der Waals surface area contributed by atoms with Gasteiger partial charge in [0.25, 0.3) is 0 Å². The van der Waals surface area contributed by atoms with Crippen LogP contribution in [-0.2, 0) is 4.74 Å². The average Bonchev–Trinajstić information content (AvgIpc) is 3.09. The van der Waals surface area contributed by atoms with E-state index in [1.165, 1.54) is 5.56 Å². The summed E-state index contributed by atoms with van der Waals surface area (Å²) in [6.45, 7) is 2.01. The molecule has 0 spiro atoms. The Morgan fingerprint density at radius 1 is 1.55 bits per heavy atom. The molecular formula is C14H23N3O2S. The molecule has 0 aliphatic carbocycles. The van der Waals surface area contributed by atoms with Crippen LogP contribution in [0.1, 0.15) is 24.4 Å². The van der Waals surface area contributed by atoms with Crippen LogP contribution in [0.25, 0.3) is 0 Å². The molecule has 2 rings (SSSR count). The molecule has 0 unspecified atom stereocenters. The maximum atomic E-state index is 11.8. The lowest BCUT2D eigenvalue weighted by molar-refractivity contribution is 0.111. The van der Waals surface area contributed by atoms with E-state index in [-0.39, 0.29) is 18.2 Å². The van der Waals surface area contributed by atoms with E-state index < -0.39 is 0 Å². The van der Waals surface area contributed by atoms with E-state index in [0.29, 0.717) is 13.1 Å². The average molecular weight is 297 g/mol. The number of likely N-dealkylation sites (N-methyl/N-ethyl adjacent to an activating group) is 1. The minimum Gasteiger partial charge on any atom is -0.376 e. The van der Waals surface area contributed by atoms with Gasteiger partial charge in [-0.2, -0.15) is 11.3 Å². The Balaban J connectivity index is 1.73. The molecule has 2 N–H and O–H groups in total. The molecule has 6 heteroatoms. The second kappa shape index (κ2) is 7.61. The first-order valence-corrected chi connectivity index (χ1v) is 7.93. The Bertz CT molecular complexity index is 403. The van der Waals surface area contributed by atoms with Gasteiger partial charge in [-0.05, 0) is 49.3 Å². The van der Waals surface area contributed by atoms with E-state index in [4.69, 9.17) is 4.74 Å². The fraction of sp³-hybridized carbons (Fsp3) is 0.643. The van der Waals surface area contributed by atoms with Crippen molar-refractivity contribution in [2.45, 2.75) is 25.0 Å². The van der Waals surface area contributed by atoms with Gasteiger partial charge in [-0.1, -0.05) is 0 Å². The van der Waals surface area contributed by atoms with Gasteiger partial charge in [-0.3, -0.25) is 0 Å². The molecule has 2 atom stereocenters. The first-order valence-electron chi connectivity index (χ1n) is 6.98. The fourth-order valence-electron chi connectivity index (χ4n) is 2.33. The van der Waals surface area contributed by atoms with Gasteiger partial charge in [0.05, 0.1) is 12.1 Å². The highest BCUT2D eigenvalue weighted by Crippen LogP contribution is 2.19. The SMILES string of the molecule is CN(C)[C@@H](CNC(=O)NC[C@@H]1CCCO1)c1ccsc1. The zero-order chi connectivity index (χ0) is 14.4. The van der Waals surface area contributed by atoms with E-state index in [9.17, 15) is 4.79 Å². The van der Waals surface area contributed by atoms with Crippen LogP contribution < -0.4 is 10.6 Å². The Hall–Kier alpha value is -1.11. The number of urea groups is 1. The minimum atomic E-state index is -0.123. The third-order valence-electron chi connectivity index (χ3n) is 3.52. The lowest BCUT2D eigenvalue weighted by Gasteiger charge is -2.24. The van der Waals surface area contributed by atoms with Crippen molar-refractivity contribution in [3.05, 3.63) is 22.4 Å². The number of ether oxygens (including phenoxy) is 1. The number of nitrogens with zero attached hydrogens (tertiary/aromatic N) is 1. The van der Waals surface area contributed by atoms with Crippen molar-refractivity contribution < 1.29 is 9.53 Å². The highest BCUT2D eigenvalue weighted by atomic mass is 32.1. The largest absolute Gasteiger partial charge is 0.376 e. The summed E-state index contributed by atoms with van der Waals surface area (Å²) >= 11 is 1.68. The molecule has 1 fully saturated rings. The normalized spacial score (nSPS) is 20.1. The van der Waals surface area contributed by atoms with E-state index >= 15 is 0 Å². The van der Waals surface area contributed by atoms with Gasteiger partial charge in [-0.25, -0.2) is 4.79 Å². The van der Waals surface area contributed by atoms with Gasteiger partial charge < -0.3 is 20.3 Å². The second-order valence-electron chi connectivity index (χ2n) is 5.26. The van der Waals surface area contributed by atoms with Crippen LogP contribution in [0.4, 0.5) is 4.79 Å². The molecule has 0 aromatic carbocycles. The third kappa shape index (κ3) is 4.47. The van der Waals surface area contributed by atoms with Crippen LogP contribution in [0.5, 0.6) is 0 Å². The molecule has 2 amide bonds. The van der Waals surface area contributed by atoms with E-state index in [0.717, 1.165) is 19.4 Å². The Labute approximate surface area is 124 Å². The Morgan fingerprint density at radius 3 is 3.00 bits per heavy atom. The molecule has 2 heterocycles. The molecule has 5 nitrogen and oxygen atoms in total. The number of hydrogen-bond acceptors (Lipinski definition) is 4. The zero-order valence-corrected chi connectivity index (χ0v) is 12.9. The maximum Gasteiger partial charge on any atom is 0.314 e. The molecule has 1 aromatic rings. The minimum absolute atomic E-state index is 0.123. The van der Waals surface area contributed by atoms with E-state index in [1.807, 2.05) is 14.1 Å². The number of carbonyl (C=O) groups excluding carboxylic acids is 1. The molecule has 1 aromatic heterocycles. The van der Waals surface area contributed by atoms with Crippen LogP contribution in [-0.4, -0.2) is 50.8 Å². The van der Waals surface area contributed by atoms with Gasteiger partial charge >= 0.3 is 6.03 Å². The molecule has 0 saturated carbocycles. The molecule has 1 aliphatic rings. The van der Waals surface area contributed by atoms with Crippen LogP contribution in [0.2, 0.25) is 0 Å². The fourth-order valence-corrected chi connectivity index (χ4v) is 3.03. The number of hydrogen-bond donors (Lipinski definition) is 2. The lowest BCUT2D eigenvalue weighted by atomic mass is 10.1. The summed E-state index contributed by atoms with van der Waals surface area (Å²) in [6.07, 6.45) is 2.31. The summed E-state index contributed by atoms with van der Waals surface area (Å²) in [7, 11) is 4.04. The van der Waals surface area contributed by atoms with Crippen LogP contribution in [0, 0.1) is 0 Å². The number of amides is 2. The lowest BCUT2D eigenvalue weighted by Crippen LogP contribution is -2.42. The van der Waals surface area contributed by atoms with E-state index in [2.05, 4.69) is 32.4 Å². The van der Waals surface area contributed by atoms with Gasteiger partial charge in [0.15, 0.2) is 0 Å². The standard InChI is InChI=1S/C14H23N3O2S/c1-17(2)13(11-5-7-20-10-11)9-16-14(18)15-8-12-4-3-6-19-12/h5,7,10,12-13H,3-4,6,8-9H2,1-2H3,(H2,15,16,18)/t12-,13-/m0/s1. The van der Waals surface area contributed by atoms with E-state index in [1.54, 1.807) is 11.3 Å². The molecular weight excluding hydrogens is 274 g/mol. The first kappa shape index (κ1) is 15.3. The highest BCUT2D eigenvalue weighted by Gasteiger charge is 2.18. The quantitative estimate of drug-likeness (QED) is 0.842. The van der Waals surface area contributed by atoms with Crippen molar-refractivity contribution in [2.75, 3.05) is 33.8 Å². The maximum absolute atomic E-state index is 11.8. The molecule has 112 valence electrons. The second-order valence-corrected chi connectivity index (χ2v) is 6.04. The smallest absolute Gasteiger partial charge is 0.314 e. The zero-order valence-electron chi connectivity index (χ0n) is 12.1. The third-order valence-corrected chi connectivity index (χ3v) is 4.22. The van der Waals surface area contributed by atoms with Crippen LogP contribution in [0.3, 0.4) is 0 Å². The van der Waals surface area contributed by atoms with Gasteiger partial charge in [0.2, 0.25) is 0 Å². The Kier molecular flexibility index (Phi) is 5.82. The van der Waals surface area contributed by atoms with Gasteiger partial charge in [0, 0.05) is 19.7 Å². The molecule has 20 heavy (non-hydrogen) atoms. The molecule has 0 bridgehead atoms. The number of thiophene rings is 1. The van der Waals surface area contributed by atoms with Crippen molar-refractivity contribution in [3.63, 3.8) is 0 Å². The summed E-state index contributed by atoms with van der Waals surface area (Å²) in [4.78, 5) is 13.9. The molecule has 1 saturated heterocycles. The van der Waals surface area contributed by atoms with Crippen molar-refractivity contribution in [1.29, 1.82) is 0 Å². The van der Waals surface area contributed by atoms with Gasteiger partial charge in [0.1, 0.15) is 0 Å². The summed E-state index contributed by atoms with van der Waals surface area (Å²) in [5.74, 6) is 0. The van der Waals surface area contributed by atoms with Crippen LogP contribution >= 0.6 is 11.3 Å². The van der Waals surface area contributed by atoms with Gasteiger partial charge in [-0.15, -0.1) is 0 Å².